The Hall–Kier alpha value is -2.66. The van der Waals surface area contributed by atoms with Crippen LogP contribution >= 0.6 is 0 Å². The molecule has 5 nitrogen and oxygen atoms in total. The van der Waals surface area contributed by atoms with Crippen LogP contribution in [0.1, 0.15) is 48.7 Å². The maximum Gasteiger partial charge on any atom is 0.258 e. The van der Waals surface area contributed by atoms with Gasteiger partial charge in [0.1, 0.15) is 11.4 Å². The molecule has 0 amide bonds. The van der Waals surface area contributed by atoms with Crippen LogP contribution < -0.4 is 10.3 Å². The summed E-state index contributed by atoms with van der Waals surface area (Å²) < 4.78 is 6.98. The molecule has 3 heterocycles. The molecule has 0 aliphatic carbocycles. The summed E-state index contributed by atoms with van der Waals surface area (Å²) >= 11 is 0. The third-order valence-corrected chi connectivity index (χ3v) is 5.66. The molecule has 1 saturated heterocycles. The minimum atomic E-state index is -0.00563. The molecule has 1 fully saturated rings. The molecule has 1 atom stereocenters. The fourth-order valence-electron chi connectivity index (χ4n) is 4.21. The summed E-state index contributed by atoms with van der Waals surface area (Å²) in [5.74, 6) is 0.878. The van der Waals surface area contributed by atoms with Crippen molar-refractivity contribution in [3.8, 4) is 5.75 Å². The quantitative estimate of drug-likeness (QED) is 0.686. The molecule has 1 aliphatic heterocycles. The van der Waals surface area contributed by atoms with Crippen molar-refractivity contribution in [1.29, 1.82) is 0 Å². The second-order valence-electron chi connectivity index (χ2n) is 7.56. The highest BCUT2D eigenvalue weighted by molar-refractivity contribution is 5.40. The average molecular weight is 377 g/mol. The number of ether oxygens (including phenoxy) is 1. The fourth-order valence-corrected chi connectivity index (χ4v) is 4.21. The Labute approximate surface area is 165 Å². The predicted molar refractivity (Wildman–Crippen MR) is 111 cm³/mol. The number of pyridine rings is 1. The molecule has 5 heteroatoms. The smallest absolute Gasteiger partial charge is 0.258 e. The molecule has 0 unspecified atom stereocenters. The van der Waals surface area contributed by atoms with Crippen LogP contribution in [-0.4, -0.2) is 27.9 Å². The number of aryl methyl sites for hydroxylation is 1. The molecule has 4 rings (SSSR count). The monoisotopic (exact) mass is 377 g/mol. The van der Waals surface area contributed by atoms with Crippen molar-refractivity contribution in [2.24, 2.45) is 0 Å². The first-order chi connectivity index (χ1) is 13.7. The molecule has 0 N–H and O–H groups in total. The van der Waals surface area contributed by atoms with Gasteiger partial charge in [0.25, 0.3) is 5.56 Å². The van der Waals surface area contributed by atoms with Crippen molar-refractivity contribution in [2.75, 3.05) is 13.7 Å². The first kappa shape index (κ1) is 18.7. The van der Waals surface area contributed by atoms with E-state index in [0.29, 0.717) is 12.6 Å². The summed E-state index contributed by atoms with van der Waals surface area (Å²) in [6.45, 7) is 3.65. The number of rotatable bonds is 4. The Morgan fingerprint density at radius 2 is 1.93 bits per heavy atom. The van der Waals surface area contributed by atoms with Crippen molar-refractivity contribution in [3.05, 3.63) is 75.8 Å². The summed E-state index contributed by atoms with van der Waals surface area (Å²) in [4.78, 5) is 19.9. The van der Waals surface area contributed by atoms with Crippen molar-refractivity contribution < 1.29 is 4.74 Å². The van der Waals surface area contributed by atoms with Gasteiger partial charge in [0.05, 0.1) is 12.8 Å². The lowest BCUT2D eigenvalue weighted by Gasteiger charge is -2.30. The summed E-state index contributed by atoms with van der Waals surface area (Å²) in [5.41, 5.74) is 3.77. The summed E-state index contributed by atoms with van der Waals surface area (Å²) in [5, 5.41) is 0. The second-order valence-corrected chi connectivity index (χ2v) is 7.56. The van der Waals surface area contributed by atoms with E-state index in [4.69, 9.17) is 9.72 Å². The fraction of sp³-hybridized carbons (Fsp3) is 0.391. The predicted octanol–water partition coefficient (Wildman–Crippen LogP) is 4.13. The van der Waals surface area contributed by atoms with Crippen LogP contribution in [0.5, 0.6) is 5.75 Å². The van der Waals surface area contributed by atoms with E-state index in [1.54, 1.807) is 17.6 Å². The van der Waals surface area contributed by atoms with E-state index in [-0.39, 0.29) is 5.56 Å². The molecule has 0 bridgehead atoms. The number of hydrogen-bond donors (Lipinski definition) is 0. The van der Waals surface area contributed by atoms with Crippen LogP contribution in [0.3, 0.4) is 0 Å². The van der Waals surface area contributed by atoms with Gasteiger partial charge in [-0.3, -0.25) is 14.1 Å². The average Bonchev–Trinajstić information content (AvgIpc) is 2.93. The number of benzene rings is 1. The largest absolute Gasteiger partial charge is 0.497 e. The number of fused-ring (bicyclic) bond motifs is 1. The Balaban J connectivity index is 1.65. The first-order valence-electron chi connectivity index (χ1n) is 10.0. The van der Waals surface area contributed by atoms with E-state index in [1.807, 2.05) is 37.3 Å². The number of aromatic nitrogens is 2. The van der Waals surface area contributed by atoms with E-state index in [0.717, 1.165) is 35.8 Å². The van der Waals surface area contributed by atoms with E-state index in [2.05, 4.69) is 17.0 Å². The van der Waals surface area contributed by atoms with Crippen molar-refractivity contribution in [1.82, 2.24) is 14.3 Å². The molecule has 1 aromatic carbocycles. The van der Waals surface area contributed by atoms with Gasteiger partial charge in [0, 0.05) is 24.3 Å². The molecule has 28 heavy (non-hydrogen) atoms. The maximum atomic E-state index is 12.6. The van der Waals surface area contributed by atoms with Crippen LogP contribution in [0.4, 0.5) is 0 Å². The number of likely N-dealkylation sites (tertiary alicyclic amines) is 1. The minimum absolute atomic E-state index is 0.00563. The van der Waals surface area contributed by atoms with E-state index < -0.39 is 0 Å². The lowest BCUT2D eigenvalue weighted by Crippen LogP contribution is -2.29. The topological polar surface area (TPSA) is 46.8 Å². The van der Waals surface area contributed by atoms with Crippen LogP contribution in [0.25, 0.3) is 5.65 Å². The molecule has 1 aliphatic rings. The first-order valence-corrected chi connectivity index (χ1v) is 10.0. The van der Waals surface area contributed by atoms with Gasteiger partial charge < -0.3 is 4.74 Å². The third-order valence-electron chi connectivity index (χ3n) is 5.66. The Kier molecular flexibility index (Phi) is 5.44. The van der Waals surface area contributed by atoms with Crippen molar-refractivity contribution in [3.63, 3.8) is 0 Å². The Morgan fingerprint density at radius 3 is 2.71 bits per heavy atom. The third kappa shape index (κ3) is 3.80. The van der Waals surface area contributed by atoms with Crippen LogP contribution in [0.15, 0.2) is 53.3 Å². The summed E-state index contributed by atoms with van der Waals surface area (Å²) in [6, 6.07) is 16.2. The van der Waals surface area contributed by atoms with Gasteiger partial charge in [0.15, 0.2) is 0 Å². The maximum absolute atomic E-state index is 12.6. The molecule has 0 radical (unpaired) electrons. The zero-order chi connectivity index (χ0) is 19.5. The van der Waals surface area contributed by atoms with Gasteiger partial charge in [-0.2, -0.15) is 0 Å². The number of nitrogens with zero attached hydrogens (tertiary/aromatic N) is 3. The number of methoxy groups -OCH3 is 1. The molecule has 3 aromatic rings. The van der Waals surface area contributed by atoms with Gasteiger partial charge in [-0.05, 0) is 56.1 Å². The normalized spacial score (nSPS) is 18.1. The molecular weight excluding hydrogens is 350 g/mol. The van der Waals surface area contributed by atoms with Gasteiger partial charge in [-0.1, -0.05) is 31.0 Å². The van der Waals surface area contributed by atoms with E-state index in [1.165, 1.54) is 24.8 Å². The van der Waals surface area contributed by atoms with Crippen LogP contribution in [-0.2, 0) is 6.54 Å². The highest BCUT2D eigenvalue weighted by Crippen LogP contribution is 2.32. The molecule has 0 spiro atoms. The highest BCUT2D eigenvalue weighted by Gasteiger charge is 2.23. The van der Waals surface area contributed by atoms with E-state index >= 15 is 0 Å². The Bertz CT molecular complexity index is 1010. The lowest BCUT2D eigenvalue weighted by atomic mass is 10.0. The highest BCUT2D eigenvalue weighted by atomic mass is 16.5. The molecule has 146 valence electrons. The van der Waals surface area contributed by atoms with Crippen LogP contribution in [0.2, 0.25) is 0 Å². The molecule has 0 saturated carbocycles. The lowest BCUT2D eigenvalue weighted by molar-refractivity contribution is 0.190. The Morgan fingerprint density at radius 1 is 1.11 bits per heavy atom. The van der Waals surface area contributed by atoms with Gasteiger partial charge >= 0.3 is 0 Å². The second kappa shape index (κ2) is 8.15. The van der Waals surface area contributed by atoms with Gasteiger partial charge in [0.2, 0.25) is 0 Å². The van der Waals surface area contributed by atoms with Gasteiger partial charge in [-0.15, -0.1) is 0 Å². The van der Waals surface area contributed by atoms with Crippen molar-refractivity contribution >= 4 is 5.65 Å². The van der Waals surface area contributed by atoms with E-state index in [9.17, 15) is 4.79 Å². The van der Waals surface area contributed by atoms with Gasteiger partial charge in [-0.25, -0.2) is 4.98 Å². The minimum Gasteiger partial charge on any atom is -0.497 e. The summed E-state index contributed by atoms with van der Waals surface area (Å²) in [6.07, 6.45) is 4.77. The molecular formula is C23H27N3O2. The standard InChI is InChI=1S/C23H27N3O2/c1-17-7-6-9-22-24-19(15-23(27)26(17)22)16-25-14-5-3-4-8-21(25)18-10-12-20(28-2)13-11-18/h6-7,9-13,15,21H,3-5,8,14,16H2,1-2H3/t21-/m0/s1. The molecule has 2 aromatic heterocycles. The zero-order valence-electron chi connectivity index (χ0n) is 16.6. The van der Waals surface area contributed by atoms with Crippen LogP contribution in [0, 0.1) is 6.92 Å². The van der Waals surface area contributed by atoms with Crippen molar-refractivity contribution in [2.45, 2.75) is 45.2 Å². The number of hydrogen-bond acceptors (Lipinski definition) is 4. The SMILES string of the molecule is COc1ccc([C@@H]2CCCCCN2Cc2cc(=O)n3c(C)cccc3n2)cc1. The zero-order valence-corrected chi connectivity index (χ0v) is 16.6. The summed E-state index contributed by atoms with van der Waals surface area (Å²) in [7, 11) is 1.69.